The number of aromatic nitrogens is 2. The number of ether oxygens (including phenoxy) is 1. The monoisotopic (exact) mass is 272 g/mol. The Hall–Kier alpha value is -2.01. The molecule has 0 spiro atoms. The first-order valence-electron chi connectivity index (χ1n) is 6.96. The Morgan fingerprint density at radius 3 is 2.50 bits per heavy atom. The van der Waals surface area contributed by atoms with Gasteiger partial charge in [0.05, 0.1) is 30.9 Å². The van der Waals surface area contributed by atoms with Crippen molar-refractivity contribution in [2.75, 3.05) is 25.1 Å². The fourth-order valence-corrected chi connectivity index (χ4v) is 2.51. The van der Waals surface area contributed by atoms with Crippen LogP contribution in [-0.2, 0) is 0 Å². The van der Waals surface area contributed by atoms with Crippen molar-refractivity contribution in [3.8, 4) is 11.4 Å². The zero-order chi connectivity index (χ0) is 13.9. The maximum absolute atomic E-state index is 5.94. The zero-order valence-electron chi connectivity index (χ0n) is 11.7. The second-order valence-electron chi connectivity index (χ2n) is 5.17. The van der Waals surface area contributed by atoms with E-state index in [1.54, 1.807) is 7.11 Å². The van der Waals surface area contributed by atoms with E-state index in [-0.39, 0.29) is 0 Å². The minimum absolute atomic E-state index is 0.350. The van der Waals surface area contributed by atoms with Crippen molar-refractivity contribution in [1.29, 1.82) is 0 Å². The fourth-order valence-electron chi connectivity index (χ4n) is 2.51. The van der Waals surface area contributed by atoms with Crippen LogP contribution in [0.1, 0.15) is 12.8 Å². The molecule has 0 saturated carbocycles. The third-order valence-electron chi connectivity index (χ3n) is 3.81. The third-order valence-corrected chi connectivity index (χ3v) is 3.81. The normalized spacial score (nSPS) is 16.4. The van der Waals surface area contributed by atoms with E-state index in [1.165, 1.54) is 0 Å². The molecule has 2 aromatic rings. The minimum atomic E-state index is 0.350. The van der Waals surface area contributed by atoms with Gasteiger partial charge in [-0.1, -0.05) is 0 Å². The Labute approximate surface area is 118 Å². The van der Waals surface area contributed by atoms with Crippen molar-refractivity contribution in [3.63, 3.8) is 0 Å². The lowest BCUT2D eigenvalue weighted by molar-refractivity contribution is 0.414. The lowest BCUT2D eigenvalue weighted by Gasteiger charge is -2.30. The highest BCUT2D eigenvalue weighted by molar-refractivity contribution is 5.46. The van der Waals surface area contributed by atoms with E-state index in [4.69, 9.17) is 10.5 Å². The van der Waals surface area contributed by atoms with Crippen molar-refractivity contribution in [2.24, 2.45) is 5.73 Å². The van der Waals surface area contributed by atoms with E-state index in [1.807, 2.05) is 35.1 Å². The number of anilines is 1. The number of nitrogens with two attached hydrogens (primary N) is 1. The topological polar surface area (TPSA) is 56.3 Å². The Balaban J connectivity index is 1.75. The molecule has 1 aromatic carbocycles. The van der Waals surface area contributed by atoms with Gasteiger partial charge in [0.15, 0.2) is 0 Å². The summed E-state index contributed by atoms with van der Waals surface area (Å²) in [6.07, 6.45) is 6.08. The van der Waals surface area contributed by atoms with Gasteiger partial charge in [-0.05, 0) is 37.1 Å². The molecule has 0 atom stereocenters. The van der Waals surface area contributed by atoms with E-state index in [9.17, 15) is 0 Å². The standard InChI is InChI=1S/C15H20N4O/c1-20-15-4-2-13(3-5-15)19-11-14(10-17-19)18-8-6-12(16)7-9-18/h2-5,10-12H,6-9,16H2,1H3. The summed E-state index contributed by atoms with van der Waals surface area (Å²) in [5, 5.41) is 4.44. The van der Waals surface area contributed by atoms with Gasteiger partial charge >= 0.3 is 0 Å². The van der Waals surface area contributed by atoms with E-state index >= 15 is 0 Å². The summed E-state index contributed by atoms with van der Waals surface area (Å²) >= 11 is 0. The largest absolute Gasteiger partial charge is 0.497 e. The van der Waals surface area contributed by atoms with Gasteiger partial charge in [0.2, 0.25) is 0 Å². The number of benzene rings is 1. The van der Waals surface area contributed by atoms with Crippen molar-refractivity contribution in [1.82, 2.24) is 9.78 Å². The number of hydrogen-bond acceptors (Lipinski definition) is 4. The molecule has 106 valence electrons. The SMILES string of the molecule is COc1ccc(-n2cc(N3CCC(N)CC3)cn2)cc1. The van der Waals surface area contributed by atoms with Crippen molar-refractivity contribution in [2.45, 2.75) is 18.9 Å². The van der Waals surface area contributed by atoms with Gasteiger partial charge in [0.25, 0.3) is 0 Å². The number of rotatable bonds is 3. The Kier molecular flexibility index (Phi) is 3.60. The molecule has 1 aliphatic rings. The van der Waals surface area contributed by atoms with Crippen LogP contribution in [0.4, 0.5) is 5.69 Å². The molecule has 1 aliphatic heterocycles. The molecular formula is C15H20N4O. The Morgan fingerprint density at radius 1 is 1.15 bits per heavy atom. The van der Waals surface area contributed by atoms with E-state index in [2.05, 4.69) is 16.2 Å². The first kappa shape index (κ1) is 13.0. The van der Waals surface area contributed by atoms with Crippen LogP contribution >= 0.6 is 0 Å². The van der Waals surface area contributed by atoms with Gasteiger partial charge < -0.3 is 15.4 Å². The molecule has 1 fully saturated rings. The molecule has 0 amide bonds. The smallest absolute Gasteiger partial charge is 0.119 e. The van der Waals surface area contributed by atoms with Crippen LogP contribution in [0.2, 0.25) is 0 Å². The van der Waals surface area contributed by atoms with Gasteiger partial charge in [-0.2, -0.15) is 5.10 Å². The quantitative estimate of drug-likeness (QED) is 0.926. The highest BCUT2D eigenvalue weighted by Crippen LogP contribution is 2.21. The molecule has 0 unspecified atom stereocenters. The number of piperidine rings is 1. The molecule has 20 heavy (non-hydrogen) atoms. The predicted molar refractivity (Wildman–Crippen MR) is 79.5 cm³/mol. The molecule has 1 aromatic heterocycles. The molecule has 2 N–H and O–H groups in total. The highest BCUT2D eigenvalue weighted by Gasteiger charge is 2.17. The van der Waals surface area contributed by atoms with Gasteiger partial charge in [-0.15, -0.1) is 0 Å². The van der Waals surface area contributed by atoms with Crippen LogP contribution in [0.25, 0.3) is 5.69 Å². The molecule has 5 nitrogen and oxygen atoms in total. The molecule has 0 aliphatic carbocycles. The molecule has 0 radical (unpaired) electrons. The molecular weight excluding hydrogens is 252 g/mol. The van der Waals surface area contributed by atoms with Gasteiger partial charge in [0, 0.05) is 19.1 Å². The van der Waals surface area contributed by atoms with Crippen LogP contribution in [0.15, 0.2) is 36.7 Å². The van der Waals surface area contributed by atoms with E-state index < -0.39 is 0 Å². The van der Waals surface area contributed by atoms with E-state index in [0.29, 0.717) is 6.04 Å². The third kappa shape index (κ3) is 2.63. The first-order valence-corrected chi connectivity index (χ1v) is 6.96. The lowest BCUT2D eigenvalue weighted by Crippen LogP contribution is -2.39. The Bertz CT molecular complexity index is 556. The second kappa shape index (κ2) is 5.54. The molecule has 5 heteroatoms. The molecule has 0 bridgehead atoms. The molecule has 2 heterocycles. The molecule has 1 saturated heterocycles. The van der Waals surface area contributed by atoms with Crippen LogP contribution in [0.5, 0.6) is 5.75 Å². The summed E-state index contributed by atoms with van der Waals surface area (Å²) < 4.78 is 7.06. The molecule has 3 rings (SSSR count). The highest BCUT2D eigenvalue weighted by atomic mass is 16.5. The minimum Gasteiger partial charge on any atom is -0.497 e. The van der Waals surface area contributed by atoms with Crippen molar-refractivity contribution in [3.05, 3.63) is 36.7 Å². The summed E-state index contributed by atoms with van der Waals surface area (Å²) in [7, 11) is 1.67. The first-order chi connectivity index (χ1) is 9.76. The maximum Gasteiger partial charge on any atom is 0.119 e. The number of nitrogens with zero attached hydrogens (tertiary/aromatic N) is 3. The number of hydrogen-bond donors (Lipinski definition) is 1. The van der Waals surface area contributed by atoms with Crippen LogP contribution in [0, 0.1) is 0 Å². The van der Waals surface area contributed by atoms with Crippen LogP contribution in [0.3, 0.4) is 0 Å². The summed E-state index contributed by atoms with van der Waals surface area (Å²) in [5.41, 5.74) is 8.13. The zero-order valence-corrected chi connectivity index (χ0v) is 11.7. The lowest BCUT2D eigenvalue weighted by atomic mass is 10.1. The summed E-state index contributed by atoms with van der Waals surface area (Å²) in [4.78, 5) is 2.34. The average Bonchev–Trinajstić information content (AvgIpc) is 2.98. The van der Waals surface area contributed by atoms with Gasteiger partial charge in [-0.3, -0.25) is 0 Å². The van der Waals surface area contributed by atoms with Gasteiger partial charge in [-0.25, -0.2) is 4.68 Å². The summed E-state index contributed by atoms with van der Waals surface area (Å²) in [5.74, 6) is 0.853. The summed E-state index contributed by atoms with van der Waals surface area (Å²) in [6.45, 7) is 2.02. The van der Waals surface area contributed by atoms with Crippen LogP contribution in [-0.4, -0.2) is 36.0 Å². The maximum atomic E-state index is 5.94. The number of methoxy groups -OCH3 is 1. The van der Waals surface area contributed by atoms with Crippen molar-refractivity contribution >= 4 is 5.69 Å². The van der Waals surface area contributed by atoms with Crippen LogP contribution < -0.4 is 15.4 Å². The summed E-state index contributed by atoms with van der Waals surface area (Å²) in [6, 6.07) is 8.24. The average molecular weight is 272 g/mol. The predicted octanol–water partition coefficient (Wildman–Crippen LogP) is 1.81. The Morgan fingerprint density at radius 2 is 1.85 bits per heavy atom. The van der Waals surface area contributed by atoms with Gasteiger partial charge in [0.1, 0.15) is 5.75 Å². The fraction of sp³-hybridized carbons (Fsp3) is 0.400. The van der Waals surface area contributed by atoms with Crippen molar-refractivity contribution < 1.29 is 4.74 Å². The second-order valence-corrected chi connectivity index (χ2v) is 5.17. The van der Waals surface area contributed by atoms with E-state index in [0.717, 1.165) is 43.1 Å².